The lowest BCUT2D eigenvalue weighted by Gasteiger charge is -2.27. The summed E-state index contributed by atoms with van der Waals surface area (Å²) in [5, 5.41) is 37.6. The Kier molecular flexibility index (Phi) is 9.66. The molecule has 148 valence electrons. The fourth-order valence-electron chi connectivity index (χ4n) is 2.86. The van der Waals surface area contributed by atoms with E-state index in [1.807, 2.05) is 27.7 Å². The molecule has 0 radical (unpaired) electrons. The summed E-state index contributed by atoms with van der Waals surface area (Å²) in [6.45, 7) is 7.82. The van der Waals surface area contributed by atoms with Crippen LogP contribution in [0.1, 0.15) is 79.1 Å². The molecule has 0 aliphatic rings. The summed E-state index contributed by atoms with van der Waals surface area (Å²) < 4.78 is 0. The Labute approximate surface area is 151 Å². The first-order valence-corrected chi connectivity index (χ1v) is 9.11. The largest absolute Gasteiger partial charge is 0.480 e. The van der Waals surface area contributed by atoms with Gasteiger partial charge in [0.15, 0.2) is 5.41 Å². The number of hydrogen-bond acceptors (Lipinski definition) is 4. The molecule has 0 bridgehead atoms. The van der Waals surface area contributed by atoms with E-state index in [4.69, 9.17) is 0 Å². The molecule has 0 aromatic rings. The number of carbonyl (C=O) groups is 2. The molecule has 25 heavy (non-hydrogen) atoms. The van der Waals surface area contributed by atoms with E-state index in [9.17, 15) is 30.0 Å². The van der Waals surface area contributed by atoms with Crippen molar-refractivity contribution in [2.24, 2.45) is 16.2 Å². The van der Waals surface area contributed by atoms with Gasteiger partial charge in [0.05, 0.1) is 0 Å². The summed E-state index contributed by atoms with van der Waals surface area (Å²) in [6.07, 6.45) is 4.04. The maximum Gasteiger partial charge on any atom is 0.321 e. The third-order valence-corrected chi connectivity index (χ3v) is 5.09. The van der Waals surface area contributed by atoms with Gasteiger partial charge in [-0.25, -0.2) is 0 Å². The molecule has 0 saturated heterocycles. The van der Waals surface area contributed by atoms with Crippen molar-refractivity contribution >= 4 is 11.9 Å². The van der Waals surface area contributed by atoms with Crippen molar-refractivity contribution in [1.82, 2.24) is 0 Å². The lowest BCUT2D eigenvalue weighted by Crippen LogP contribution is -2.39. The third kappa shape index (κ3) is 8.19. The first-order valence-electron chi connectivity index (χ1n) is 9.11. The van der Waals surface area contributed by atoms with Crippen molar-refractivity contribution in [2.75, 3.05) is 13.2 Å². The number of hydrogen-bond donors (Lipinski definition) is 4. The van der Waals surface area contributed by atoms with Crippen LogP contribution in [-0.4, -0.2) is 45.6 Å². The monoisotopic (exact) mass is 360 g/mol. The SMILES string of the molecule is CC(C)(CO)CCCCC(CCCCC(C)(C)CO)(C(=O)O)C(=O)O. The number of rotatable bonds is 14. The van der Waals surface area contributed by atoms with Gasteiger partial charge in [0.25, 0.3) is 0 Å². The molecule has 6 heteroatoms. The Hall–Kier alpha value is -1.14. The van der Waals surface area contributed by atoms with E-state index in [0.29, 0.717) is 25.7 Å². The van der Waals surface area contributed by atoms with Gasteiger partial charge in [0.1, 0.15) is 0 Å². The zero-order valence-corrected chi connectivity index (χ0v) is 16.2. The number of carboxylic acid groups (broad SMARTS) is 2. The Bertz CT molecular complexity index is 388. The standard InChI is InChI=1S/C19H36O6/c1-17(2,13-20)9-5-7-11-19(15(22)23,16(24)25)12-8-6-10-18(3,4)14-21/h20-21H,5-14H2,1-4H3,(H,22,23)(H,24,25). The summed E-state index contributed by atoms with van der Waals surface area (Å²) in [4.78, 5) is 23.4. The Morgan fingerprint density at radius 2 is 0.920 bits per heavy atom. The Morgan fingerprint density at radius 1 is 0.640 bits per heavy atom. The summed E-state index contributed by atoms with van der Waals surface area (Å²) >= 11 is 0. The van der Waals surface area contributed by atoms with Gasteiger partial charge in [0.2, 0.25) is 0 Å². The van der Waals surface area contributed by atoms with Crippen LogP contribution in [0.4, 0.5) is 0 Å². The molecular weight excluding hydrogens is 324 g/mol. The highest BCUT2D eigenvalue weighted by molar-refractivity contribution is 5.98. The minimum atomic E-state index is -1.74. The van der Waals surface area contributed by atoms with E-state index in [0.717, 1.165) is 12.8 Å². The predicted molar refractivity (Wildman–Crippen MR) is 96.4 cm³/mol. The van der Waals surface area contributed by atoms with Gasteiger partial charge < -0.3 is 20.4 Å². The number of unbranched alkanes of at least 4 members (excludes halogenated alkanes) is 2. The van der Waals surface area contributed by atoms with Gasteiger partial charge in [-0.05, 0) is 36.5 Å². The van der Waals surface area contributed by atoms with Gasteiger partial charge in [-0.1, -0.05) is 53.4 Å². The molecule has 0 aliphatic carbocycles. The van der Waals surface area contributed by atoms with Crippen molar-refractivity contribution in [3.8, 4) is 0 Å². The molecule has 0 aliphatic heterocycles. The van der Waals surface area contributed by atoms with Crippen molar-refractivity contribution in [3.63, 3.8) is 0 Å². The molecule has 0 rings (SSSR count). The molecule has 0 atom stereocenters. The molecule has 0 saturated carbocycles. The summed E-state index contributed by atoms with van der Waals surface area (Å²) in [6, 6.07) is 0. The molecule has 0 fully saturated rings. The zero-order valence-electron chi connectivity index (χ0n) is 16.2. The summed E-state index contributed by atoms with van der Waals surface area (Å²) in [5.74, 6) is -2.55. The van der Waals surface area contributed by atoms with Crippen molar-refractivity contribution < 1.29 is 30.0 Å². The first kappa shape index (κ1) is 23.9. The van der Waals surface area contributed by atoms with Crippen LogP contribution < -0.4 is 0 Å². The maximum atomic E-state index is 11.7. The quantitative estimate of drug-likeness (QED) is 0.279. The van der Waals surface area contributed by atoms with Crippen LogP contribution >= 0.6 is 0 Å². The van der Waals surface area contributed by atoms with Crippen LogP contribution in [0.5, 0.6) is 0 Å². The van der Waals surface area contributed by atoms with Crippen LogP contribution in [-0.2, 0) is 9.59 Å². The van der Waals surface area contributed by atoms with Gasteiger partial charge >= 0.3 is 11.9 Å². The number of carboxylic acids is 2. The molecule has 0 amide bonds. The second-order valence-electron chi connectivity index (χ2n) is 8.75. The molecule has 0 spiro atoms. The molecule has 0 aromatic heterocycles. The molecule has 0 aromatic carbocycles. The number of aliphatic hydroxyl groups is 2. The normalized spacial score (nSPS) is 13.0. The van der Waals surface area contributed by atoms with Gasteiger partial charge in [-0.3, -0.25) is 9.59 Å². The van der Waals surface area contributed by atoms with Crippen molar-refractivity contribution in [3.05, 3.63) is 0 Å². The van der Waals surface area contributed by atoms with E-state index in [1.165, 1.54) is 0 Å². The van der Waals surface area contributed by atoms with Gasteiger partial charge in [-0.2, -0.15) is 0 Å². The van der Waals surface area contributed by atoms with Crippen LogP contribution in [0.3, 0.4) is 0 Å². The van der Waals surface area contributed by atoms with Gasteiger partial charge in [-0.15, -0.1) is 0 Å². The van der Waals surface area contributed by atoms with Crippen LogP contribution in [0.2, 0.25) is 0 Å². The van der Waals surface area contributed by atoms with Crippen molar-refractivity contribution in [1.29, 1.82) is 0 Å². The second-order valence-corrected chi connectivity index (χ2v) is 8.75. The van der Waals surface area contributed by atoms with E-state index in [1.54, 1.807) is 0 Å². The lowest BCUT2D eigenvalue weighted by molar-refractivity contribution is -0.166. The van der Waals surface area contributed by atoms with Crippen LogP contribution in [0.25, 0.3) is 0 Å². The van der Waals surface area contributed by atoms with E-state index in [2.05, 4.69) is 0 Å². The van der Waals surface area contributed by atoms with Gasteiger partial charge in [0, 0.05) is 13.2 Å². The average molecular weight is 360 g/mol. The minimum Gasteiger partial charge on any atom is -0.480 e. The van der Waals surface area contributed by atoms with Crippen LogP contribution in [0, 0.1) is 16.2 Å². The zero-order chi connectivity index (χ0) is 19.7. The molecular formula is C19H36O6. The summed E-state index contributed by atoms with van der Waals surface area (Å²) in [7, 11) is 0. The van der Waals surface area contributed by atoms with E-state index in [-0.39, 0.29) is 36.9 Å². The van der Waals surface area contributed by atoms with E-state index >= 15 is 0 Å². The topological polar surface area (TPSA) is 115 Å². The highest BCUT2D eigenvalue weighted by Gasteiger charge is 2.45. The first-order chi connectivity index (χ1) is 11.4. The highest BCUT2D eigenvalue weighted by atomic mass is 16.4. The highest BCUT2D eigenvalue weighted by Crippen LogP contribution is 2.35. The molecule has 0 unspecified atom stereocenters. The average Bonchev–Trinajstić information content (AvgIpc) is 2.52. The predicted octanol–water partition coefficient (Wildman–Crippen LogP) is 3.30. The maximum absolute atomic E-state index is 11.7. The van der Waals surface area contributed by atoms with E-state index < -0.39 is 17.4 Å². The smallest absolute Gasteiger partial charge is 0.321 e. The Morgan fingerprint density at radius 3 is 1.16 bits per heavy atom. The fraction of sp³-hybridized carbons (Fsp3) is 0.895. The van der Waals surface area contributed by atoms with Crippen molar-refractivity contribution in [2.45, 2.75) is 79.1 Å². The second kappa shape index (κ2) is 10.1. The number of aliphatic hydroxyl groups excluding tert-OH is 2. The lowest BCUT2D eigenvalue weighted by atomic mass is 9.76. The summed E-state index contributed by atoms with van der Waals surface area (Å²) in [5.41, 5.74) is -2.21. The Balaban J connectivity index is 4.70. The molecule has 6 nitrogen and oxygen atoms in total. The third-order valence-electron chi connectivity index (χ3n) is 5.09. The number of aliphatic carboxylic acids is 2. The molecule has 0 heterocycles. The minimum absolute atomic E-state index is 0.0522. The van der Waals surface area contributed by atoms with Crippen LogP contribution in [0.15, 0.2) is 0 Å². The fourth-order valence-corrected chi connectivity index (χ4v) is 2.86. The molecule has 4 N–H and O–H groups in total.